The number of aliphatic hydroxyl groups excluding tert-OH is 2. The summed E-state index contributed by atoms with van der Waals surface area (Å²) < 4.78 is 21.4. The van der Waals surface area contributed by atoms with Gasteiger partial charge in [0.1, 0.15) is 23.0 Å². The molecule has 3 atom stereocenters. The van der Waals surface area contributed by atoms with Gasteiger partial charge in [-0.05, 0) is 24.4 Å². The van der Waals surface area contributed by atoms with Crippen LogP contribution in [0.15, 0.2) is 38.7 Å². The lowest BCUT2D eigenvalue weighted by Crippen LogP contribution is -2.59. The van der Waals surface area contributed by atoms with E-state index in [1.807, 2.05) is 0 Å². The van der Waals surface area contributed by atoms with Crippen LogP contribution >= 0.6 is 0 Å². The van der Waals surface area contributed by atoms with Gasteiger partial charge in [-0.25, -0.2) is 4.79 Å². The summed E-state index contributed by atoms with van der Waals surface area (Å²) in [7, 11) is 1.17. The summed E-state index contributed by atoms with van der Waals surface area (Å²) in [5.74, 6) is -7.71. The van der Waals surface area contributed by atoms with E-state index in [0.717, 1.165) is 6.07 Å². The molecule has 0 amide bonds. The number of hydrogen-bond donors (Lipinski definition) is 5. The number of carbonyl (C=O) groups excluding carboxylic acids is 2. The van der Waals surface area contributed by atoms with Gasteiger partial charge in [0, 0.05) is 18.1 Å². The number of ether oxygens (including phenoxy) is 3. The molecule has 2 aliphatic heterocycles. The average Bonchev–Trinajstić information content (AvgIpc) is 3.13. The molecule has 3 heterocycles. The van der Waals surface area contributed by atoms with Crippen molar-refractivity contribution in [2.24, 2.45) is 0 Å². The molecule has 3 aliphatic rings. The van der Waals surface area contributed by atoms with Crippen molar-refractivity contribution in [3.8, 4) is 28.7 Å². The molecule has 6 rings (SSSR count). The molecule has 3 unspecified atom stereocenters. The molecule has 0 saturated heterocycles. The van der Waals surface area contributed by atoms with E-state index in [1.165, 1.54) is 19.2 Å². The molecule has 2 aromatic carbocycles. The molecule has 3 aromatic rings. The molecule has 1 aliphatic carbocycles. The highest BCUT2D eigenvalue weighted by molar-refractivity contribution is 6.29. The Balaban J connectivity index is 1.50. The number of carbonyl (C=O) groups is 2. The lowest BCUT2D eigenvalue weighted by atomic mass is 9.82. The van der Waals surface area contributed by atoms with Crippen molar-refractivity contribution >= 4 is 22.3 Å². The minimum atomic E-state index is -2.48. The lowest BCUT2D eigenvalue weighted by Gasteiger charge is -2.41. The Kier molecular flexibility index (Phi) is 4.48. The van der Waals surface area contributed by atoms with Gasteiger partial charge in [-0.1, -0.05) is 0 Å². The van der Waals surface area contributed by atoms with Crippen LogP contribution in [0, 0.1) is 6.92 Å². The van der Waals surface area contributed by atoms with Crippen molar-refractivity contribution in [1.82, 2.24) is 0 Å². The summed E-state index contributed by atoms with van der Waals surface area (Å²) in [6, 6.07) is 3.94. The van der Waals surface area contributed by atoms with E-state index < -0.39 is 74.9 Å². The molecular formula is C25H18O12. The van der Waals surface area contributed by atoms with Crippen LogP contribution < -0.4 is 15.1 Å². The van der Waals surface area contributed by atoms with Gasteiger partial charge in [0.25, 0.3) is 0 Å². The zero-order valence-corrected chi connectivity index (χ0v) is 19.2. The molecule has 1 aromatic heterocycles. The number of benzene rings is 2. The highest BCUT2D eigenvalue weighted by Crippen LogP contribution is 2.52. The number of rotatable bonds is 1. The Bertz CT molecular complexity index is 1680. The first-order chi connectivity index (χ1) is 17.5. The second kappa shape index (κ2) is 7.24. The summed E-state index contributed by atoms with van der Waals surface area (Å²) >= 11 is 0. The maximum absolute atomic E-state index is 13.3. The van der Waals surface area contributed by atoms with Crippen LogP contribution in [-0.4, -0.2) is 62.2 Å². The van der Waals surface area contributed by atoms with E-state index >= 15 is 0 Å². The second-order valence-corrected chi connectivity index (χ2v) is 8.97. The molecular weight excluding hydrogens is 492 g/mol. The van der Waals surface area contributed by atoms with Crippen LogP contribution in [0.2, 0.25) is 0 Å². The van der Waals surface area contributed by atoms with Crippen molar-refractivity contribution in [3.63, 3.8) is 0 Å². The summed E-state index contributed by atoms with van der Waals surface area (Å²) in [6.45, 7) is 1.55. The number of methoxy groups -OCH3 is 1. The van der Waals surface area contributed by atoms with Crippen molar-refractivity contribution in [2.45, 2.75) is 31.3 Å². The molecule has 0 radical (unpaired) electrons. The van der Waals surface area contributed by atoms with Gasteiger partial charge in [0.2, 0.25) is 5.78 Å². The number of ketones is 2. The van der Waals surface area contributed by atoms with Crippen LogP contribution in [0.25, 0.3) is 10.8 Å². The topological polar surface area (TPSA) is 193 Å². The maximum atomic E-state index is 13.3. The van der Waals surface area contributed by atoms with Crippen molar-refractivity contribution in [1.29, 1.82) is 0 Å². The van der Waals surface area contributed by atoms with Gasteiger partial charge >= 0.3 is 11.4 Å². The van der Waals surface area contributed by atoms with E-state index in [0.29, 0.717) is 5.39 Å². The normalized spacial score (nSPS) is 24.0. The summed E-state index contributed by atoms with van der Waals surface area (Å²) in [6.07, 6.45) is -4.00. The molecule has 37 heavy (non-hydrogen) atoms. The fourth-order valence-electron chi connectivity index (χ4n) is 5.15. The van der Waals surface area contributed by atoms with Gasteiger partial charge in [-0.2, -0.15) is 0 Å². The monoisotopic (exact) mass is 510 g/mol. The second-order valence-electron chi connectivity index (χ2n) is 8.97. The number of phenolic OH excluding ortho intramolecular Hbond substituents is 3. The number of aryl methyl sites for hydroxylation is 1. The molecule has 0 saturated carbocycles. The molecule has 0 bridgehead atoms. The molecule has 0 fully saturated rings. The first-order valence-corrected chi connectivity index (χ1v) is 11.0. The lowest BCUT2D eigenvalue weighted by molar-refractivity contribution is -0.246. The Labute approximate surface area is 206 Å². The third kappa shape index (κ3) is 2.76. The minimum absolute atomic E-state index is 0.220. The van der Waals surface area contributed by atoms with Crippen LogP contribution in [-0.2, 0) is 11.2 Å². The first kappa shape index (κ1) is 22.9. The van der Waals surface area contributed by atoms with Crippen molar-refractivity contribution < 1.29 is 53.7 Å². The number of hydrogen-bond acceptors (Lipinski definition) is 12. The molecule has 1 spiro atoms. The highest BCUT2D eigenvalue weighted by atomic mass is 16.7. The highest BCUT2D eigenvalue weighted by Gasteiger charge is 2.63. The Morgan fingerprint density at radius 3 is 2.41 bits per heavy atom. The van der Waals surface area contributed by atoms with Gasteiger partial charge in [-0.3, -0.25) is 9.59 Å². The number of fused-ring (bicyclic) bond motifs is 3. The standard InChI is InChI=1S/C25H18O12/c1-7-3-8-4-9-5-12(27)25(36-21(9)19(30)13(8)24(33)35-7)23(32)16-18(29)14-10(26)6-11(34-2)17(28)15(14)20(31)22(16)37-25/h3-4,6,12,23,26-28,30,32H,5H2,1-2H3. The zero-order valence-electron chi connectivity index (χ0n) is 19.2. The predicted octanol–water partition coefficient (Wildman–Crippen LogP) is 0.943. The Morgan fingerprint density at radius 2 is 1.70 bits per heavy atom. The van der Waals surface area contributed by atoms with Crippen LogP contribution in [0.4, 0.5) is 0 Å². The smallest absolute Gasteiger partial charge is 0.347 e. The van der Waals surface area contributed by atoms with E-state index in [4.69, 9.17) is 18.6 Å². The van der Waals surface area contributed by atoms with E-state index in [2.05, 4.69) is 0 Å². The SMILES string of the molecule is COc1cc(O)c2c(c1O)C(=O)C1=C(C2=O)C(O)C2(O1)Oc1c(cc3cc(C)oc(=O)c3c1O)CC2O. The van der Waals surface area contributed by atoms with E-state index in [-0.39, 0.29) is 34.6 Å². The molecule has 190 valence electrons. The Hall–Kier alpha value is -4.55. The van der Waals surface area contributed by atoms with E-state index in [1.54, 1.807) is 6.92 Å². The maximum Gasteiger partial charge on any atom is 0.347 e. The fraction of sp³-hybridized carbons (Fsp3) is 0.240. The van der Waals surface area contributed by atoms with Crippen molar-refractivity contribution in [2.75, 3.05) is 7.11 Å². The summed E-state index contributed by atoms with van der Waals surface area (Å²) in [5.41, 5.74) is -2.42. The average molecular weight is 510 g/mol. The quantitative estimate of drug-likeness (QED) is 0.291. The number of allylic oxidation sites excluding steroid dienone is 1. The summed E-state index contributed by atoms with van der Waals surface area (Å²) in [4.78, 5) is 39.0. The third-order valence-corrected chi connectivity index (χ3v) is 6.85. The number of Topliss-reactive ketones (excluding diaryl/α,β-unsaturated/α-hetero) is 2. The minimum Gasteiger partial charge on any atom is -0.507 e. The van der Waals surface area contributed by atoms with Gasteiger partial charge in [0.05, 0.1) is 23.8 Å². The van der Waals surface area contributed by atoms with Crippen LogP contribution in [0.5, 0.6) is 28.7 Å². The number of phenols is 3. The summed E-state index contributed by atoms with van der Waals surface area (Å²) in [5, 5.41) is 54.1. The third-order valence-electron chi connectivity index (χ3n) is 6.85. The molecule has 5 N–H and O–H groups in total. The van der Waals surface area contributed by atoms with Gasteiger partial charge in [-0.15, -0.1) is 0 Å². The van der Waals surface area contributed by atoms with Crippen molar-refractivity contribution in [3.05, 3.63) is 62.4 Å². The molecule has 12 heteroatoms. The zero-order chi connectivity index (χ0) is 26.5. The number of aromatic hydroxyl groups is 3. The predicted molar refractivity (Wildman–Crippen MR) is 121 cm³/mol. The van der Waals surface area contributed by atoms with Crippen LogP contribution in [0.3, 0.4) is 0 Å². The van der Waals surface area contributed by atoms with E-state index in [9.17, 15) is 39.9 Å². The first-order valence-electron chi connectivity index (χ1n) is 11.0. The van der Waals surface area contributed by atoms with Crippen LogP contribution in [0.1, 0.15) is 32.0 Å². The number of aliphatic hydroxyl groups is 2. The Morgan fingerprint density at radius 1 is 0.973 bits per heavy atom. The fourth-order valence-corrected chi connectivity index (χ4v) is 5.15. The largest absolute Gasteiger partial charge is 0.507 e. The molecule has 12 nitrogen and oxygen atoms in total. The van der Waals surface area contributed by atoms with Gasteiger partial charge in [0.15, 0.2) is 40.6 Å². The van der Waals surface area contributed by atoms with Gasteiger partial charge < -0.3 is 44.2 Å².